The van der Waals surface area contributed by atoms with Gasteiger partial charge >= 0.3 is 12.1 Å². The summed E-state index contributed by atoms with van der Waals surface area (Å²) >= 11 is 5.81. The summed E-state index contributed by atoms with van der Waals surface area (Å²) in [4.78, 5) is 23.8. The highest BCUT2D eigenvalue weighted by molar-refractivity contribution is 6.30. The van der Waals surface area contributed by atoms with Crippen LogP contribution in [0.2, 0.25) is 5.02 Å². The summed E-state index contributed by atoms with van der Waals surface area (Å²) in [5, 5.41) is 2.07. The molecule has 0 saturated carbocycles. The first-order chi connectivity index (χ1) is 13.1. The van der Waals surface area contributed by atoms with Crippen LogP contribution in [-0.2, 0) is 14.3 Å². The summed E-state index contributed by atoms with van der Waals surface area (Å²) in [5.74, 6) is -2.58. The van der Waals surface area contributed by atoms with E-state index in [9.17, 15) is 27.2 Å². The third kappa shape index (κ3) is 7.03. The molecule has 0 aliphatic rings. The highest BCUT2D eigenvalue weighted by atomic mass is 35.5. The van der Waals surface area contributed by atoms with E-state index in [0.717, 1.165) is 12.1 Å². The fourth-order valence-electron chi connectivity index (χ4n) is 2.07. The van der Waals surface area contributed by atoms with E-state index in [4.69, 9.17) is 16.3 Å². The quantitative estimate of drug-likeness (QED) is 0.332. The van der Waals surface area contributed by atoms with Crippen LogP contribution >= 0.6 is 11.6 Å². The van der Waals surface area contributed by atoms with Crippen LogP contribution in [0.3, 0.4) is 0 Å². The molecule has 0 aliphatic carbocycles. The molecule has 0 aromatic heterocycles. The van der Waals surface area contributed by atoms with Crippen molar-refractivity contribution in [2.24, 2.45) is 0 Å². The predicted octanol–water partition coefficient (Wildman–Crippen LogP) is 4.24. The summed E-state index contributed by atoms with van der Waals surface area (Å²) in [5.41, 5.74) is 0.866. The first-order valence-corrected chi connectivity index (χ1v) is 8.25. The number of esters is 1. The standard InChI is InChI=1S/C19H14ClF4NO3/c20-14-5-1-12(2-6-14)9-16(13-3-7-15(21)8-4-13)18(27)28-10-17(26)25-11-19(22,23)24/h1-9H,10-11H2,(H,25,26). The summed E-state index contributed by atoms with van der Waals surface area (Å²) in [7, 11) is 0. The van der Waals surface area contributed by atoms with E-state index in [1.165, 1.54) is 18.2 Å². The lowest BCUT2D eigenvalue weighted by Crippen LogP contribution is -2.36. The number of carbonyl (C=O) groups excluding carboxylic acids is 2. The van der Waals surface area contributed by atoms with Gasteiger partial charge in [0, 0.05) is 5.02 Å². The largest absolute Gasteiger partial charge is 0.452 e. The summed E-state index contributed by atoms with van der Waals surface area (Å²) in [6, 6.07) is 11.4. The molecule has 0 unspecified atom stereocenters. The minimum Gasteiger partial charge on any atom is -0.452 e. The van der Waals surface area contributed by atoms with Gasteiger partial charge in [0.1, 0.15) is 12.4 Å². The van der Waals surface area contributed by atoms with Crippen LogP contribution in [0.4, 0.5) is 17.6 Å². The van der Waals surface area contributed by atoms with Gasteiger partial charge in [0.25, 0.3) is 5.91 Å². The molecule has 2 aromatic carbocycles. The Morgan fingerprint density at radius 1 is 1.04 bits per heavy atom. The van der Waals surface area contributed by atoms with E-state index in [2.05, 4.69) is 0 Å². The molecule has 2 rings (SSSR count). The molecule has 0 heterocycles. The Kier molecular flexibility index (Phi) is 7.17. The lowest BCUT2D eigenvalue weighted by atomic mass is 10.0. The molecule has 0 aliphatic heterocycles. The average molecular weight is 416 g/mol. The van der Waals surface area contributed by atoms with Gasteiger partial charge in [0.2, 0.25) is 0 Å². The highest BCUT2D eigenvalue weighted by Crippen LogP contribution is 2.21. The number of hydrogen-bond donors (Lipinski definition) is 1. The van der Waals surface area contributed by atoms with Gasteiger partial charge < -0.3 is 10.1 Å². The minimum absolute atomic E-state index is 0.00839. The van der Waals surface area contributed by atoms with E-state index in [-0.39, 0.29) is 5.57 Å². The van der Waals surface area contributed by atoms with E-state index >= 15 is 0 Å². The number of nitrogens with one attached hydrogen (secondary N) is 1. The maximum Gasteiger partial charge on any atom is 0.405 e. The van der Waals surface area contributed by atoms with Crippen molar-refractivity contribution in [3.63, 3.8) is 0 Å². The van der Waals surface area contributed by atoms with Crippen LogP contribution in [-0.4, -0.2) is 31.2 Å². The van der Waals surface area contributed by atoms with Gasteiger partial charge in [0.05, 0.1) is 5.57 Å². The SMILES string of the molecule is O=C(COC(=O)C(=Cc1ccc(Cl)cc1)c1ccc(F)cc1)NCC(F)(F)F. The van der Waals surface area contributed by atoms with E-state index in [1.807, 2.05) is 0 Å². The molecule has 0 radical (unpaired) electrons. The van der Waals surface area contributed by atoms with Crippen LogP contribution in [0.5, 0.6) is 0 Å². The van der Waals surface area contributed by atoms with Crippen molar-refractivity contribution in [1.29, 1.82) is 0 Å². The maximum absolute atomic E-state index is 13.2. The first-order valence-electron chi connectivity index (χ1n) is 7.88. The normalized spacial score (nSPS) is 11.8. The lowest BCUT2D eigenvalue weighted by molar-refractivity contribution is -0.147. The number of benzene rings is 2. The topological polar surface area (TPSA) is 55.4 Å². The molecule has 0 spiro atoms. The van der Waals surface area contributed by atoms with Crippen LogP contribution in [0.1, 0.15) is 11.1 Å². The van der Waals surface area contributed by atoms with Crippen molar-refractivity contribution in [2.45, 2.75) is 6.18 Å². The van der Waals surface area contributed by atoms with Crippen molar-refractivity contribution >= 4 is 35.1 Å². The summed E-state index contributed by atoms with van der Waals surface area (Å²) in [6.45, 7) is -2.43. The third-order valence-corrected chi connectivity index (χ3v) is 3.63. The summed E-state index contributed by atoms with van der Waals surface area (Å²) < 4.78 is 54.3. The Morgan fingerprint density at radius 2 is 1.64 bits per heavy atom. The predicted molar refractivity (Wildman–Crippen MR) is 95.7 cm³/mol. The molecule has 0 saturated heterocycles. The van der Waals surface area contributed by atoms with Crippen LogP contribution < -0.4 is 5.32 Å². The van der Waals surface area contributed by atoms with Gasteiger partial charge in [-0.25, -0.2) is 9.18 Å². The smallest absolute Gasteiger partial charge is 0.405 e. The number of alkyl halides is 3. The number of hydrogen-bond acceptors (Lipinski definition) is 3. The molecule has 0 atom stereocenters. The van der Waals surface area contributed by atoms with Gasteiger partial charge in [-0.05, 0) is 41.5 Å². The van der Waals surface area contributed by atoms with Gasteiger partial charge in [-0.15, -0.1) is 0 Å². The zero-order chi connectivity index (χ0) is 20.7. The second-order valence-corrected chi connectivity index (χ2v) is 6.02. The number of ether oxygens (including phenoxy) is 1. The lowest BCUT2D eigenvalue weighted by Gasteiger charge is -2.11. The molecule has 9 heteroatoms. The third-order valence-electron chi connectivity index (χ3n) is 3.38. The molecular formula is C19H14ClF4NO3. The number of amides is 1. The van der Waals surface area contributed by atoms with E-state index in [0.29, 0.717) is 16.1 Å². The van der Waals surface area contributed by atoms with E-state index < -0.39 is 37.0 Å². The second-order valence-electron chi connectivity index (χ2n) is 5.58. The Labute approximate surface area is 162 Å². The van der Waals surface area contributed by atoms with Gasteiger partial charge in [-0.1, -0.05) is 35.9 Å². The average Bonchev–Trinajstić information content (AvgIpc) is 2.64. The second kappa shape index (κ2) is 9.36. The van der Waals surface area contributed by atoms with Crippen LogP contribution in [0.15, 0.2) is 48.5 Å². The Bertz CT molecular complexity index is 862. The minimum atomic E-state index is -4.58. The number of rotatable bonds is 6. The van der Waals surface area contributed by atoms with Crippen molar-refractivity contribution in [3.05, 3.63) is 70.5 Å². The van der Waals surface area contributed by atoms with Crippen molar-refractivity contribution in [3.8, 4) is 0 Å². The number of halogens is 5. The molecule has 1 amide bonds. The Hall–Kier alpha value is -2.87. The van der Waals surface area contributed by atoms with Gasteiger partial charge in [-0.2, -0.15) is 13.2 Å². The monoisotopic (exact) mass is 415 g/mol. The van der Waals surface area contributed by atoms with Crippen molar-refractivity contribution < 1.29 is 31.9 Å². The molecule has 1 N–H and O–H groups in total. The van der Waals surface area contributed by atoms with Gasteiger partial charge in [-0.3, -0.25) is 4.79 Å². The van der Waals surface area contributed by atoms with Crippen molar-refractivity contribution in [2.75, 3.05) is 13.2 Å². The molecule has 0 bridgehead atoms. The van der Waals surface area contributed by atoms with Crippen LogP contribution in [0.25, 0.3) is 11.6 Å². The fourth-order valence-corrected chi connectivity index (χ4v) is 2.20. The highest BCUT2D eigenvalue weighted by Gasteiger charge is 2.28. The Balaban J connectivity index is 2.16. The molecule has 4 nitrogen and oxygen atoms in total. The zero-order valence-electron chi connectivity index (χ0n) is 14.2. The summed E-state index contributed by atoms with van der Waals surface area (Å²) in [6.07, 6.45) is -3.15. The molecular weight excluding hydrogens is 402 g/mol. The number of carbonyl (C=O) groups is 2. The molecule has 28 heavy (non-hydrogen) atoms. The molecule has 2 aromatic rings. The molecule has 0 fully saturated rings. The van der Waals surface area contributed by atoms with Crippen molar-refractivity contribution in [1.82, 2.24) is 5.32 Å². The Morgan fingerprint density at radius 3 is 2.21 bits per heavy atom. The maximum atomic E-state index is 13.2. The van der Waals surface area contributed by atoms with E-state index in [1.54, 1.807) is 29.6 Å². The first kappa shape index (κ1) is 21.4. The zero-order valence-corrected chi connectivity index (χ0v) is 15.0. The fraction of sp³-hybridized carbons (Fsp3) is 0.158. The van der Waals surface area contributed by atoms with Crippen LogP contribution in [0, 0.1) is 5.82 Å². The van der Waals surface area contributed by atoms with Gasteiger partial charge in [0.15, 0.2) is 6.61 Å². The molecule has 148 valence electrons.